The Morgan fingerprint density at radius 3 is 2.64 bits per heavy atom. The molecule has 5 aliphatic rings. The van der Waals surface area contributed by atoms with Gasteiger partial charge in [0.2, 0.25) is 0 Å². The fourth-order valence-electron chi connectivity index (χ4n) is 7.18. The molecule has 154 valence electrons. The van der Waals surface area contributed by atoms with Crippen molar-refractivity contribution in [2.24, 2.45) is 35.5 Å². The molecule has 6 heteroatoms. The van der Waals surface area contributed by atoms with Gasteiger partial charge in [-0.3, -0.25) is 14.4 Å². The summed E-state index contributed by atoms with van der Waals surface area (Å²) >= 11 is 0. The van der Waals surface area contributed by atoms with E-state index in [0.29, 0.717) is 31.1 Å². The first-order valence-corrected chi connectivity index (χ1v) is 11.1. The van der Waals surface area contributed by atoms with Crippen LogP contribution in [-0.2, 0) is 28.6 Å². The van der Waals surface area contributed by atoms with Gasteiger partial charge in [0, 0.05) is 18.3 Å². The predicted octanol–water partition coefficient (Wildman–Crippen LogP) is 3.02. The maximum Gasteiger partial charge on any atom is 0.310 e. The summed E-state index contributed by atoms with van der Waals surface area (Å²) in [6.07, 6.45) is 6.18. The Hall–Kier alpha value is -1.59. The third-order valence-electron chi connectivity index (χ3n) is 8.36. The minimum Gasteiger partial charge on any atom is -0.459 e. The molecule has 0 amide bonds. The van der Waals surface area contributed by atoms with E-state index in [-0.39, 0.29) is 41.4 Å². The summed E-state index contributed by atoms with van der Waals surface area (Å²) < 4.78 is 17.5. The van der Waals surface area contributed by atoms with Crippen LogP contribution < -0.4 is 0 Å². The molecule has 6 nitrogen and oxygen atoms in total. The zero-order valence-corrected chi connectivity index (χ0v) is 16.7. The topological polar surface area (TPSA) is 78.9 Å². The fourth-order valence-corrected chi connectivity index (χ4v) is 7.18. The number of ether oxygens (including phenoxy) is 3. The predicted molar refractivity (Wildman–Crippen MR) is 97.8 cm³/mol. The van der Waals surface area contributed by atoms with Crippen LogP contribution in [0.15, 0.2) is 0 Å². The minimum absolute atomic E-state index is 0.0212. The molecule has 0 aromatic heterocycles. The lowest BCUT2D eigenvalue weighted by atomic mass is 9.77. The average Bonchev–Trinajstić information content (AvgIpc) is 3.43. The molecule has 1 saturated heterocycles. The molecule has 1 heterocycles. The Balaban J connectivity index is 1.36. The number of carbonyl (C=O) groups is 3. The van der Waals surface area contributed by atoms with Crippen LogP contribution in [0, 0.1) is 35.5 Å². The zero-order valence-electron chi connectivity index (χ0n) is 16.7. The summed E-state index contributed by atoms with van der Waals surface area (Å²) in [6, 6.07) is 0. The standard InChI is InChI=1S/C22H30O6/c1-3-5-15(23)26-18-14-9-13-16(20(24)27-19(13)18)17(14)21(25)28-22(4-2)10-11-6-7-12(22)8-11/h11-14,16-19H,3-10H2,1-2H3. The normalized spacial score (nSPS) is 47.4. The van der Waals surface area contributed by atoms with Gasteiger partial charge in [-0.2, -0.15) is 0 Å². The molecule has 9 unspecified atom stereocenters. The Kier molecular flexibility index (Phi) is 4.25. The van der Waals surface area contributed by atoms with Crippen molar-refractivity contribution in [2.45, 2.75) is 83.0 Å². The lowest BCUT2D eigenvalue weighted by Gasteiger charge is -2.39. The van der Waals surface area contributed by atoms with E-state index in [1.165, 1.54) is 6.42 Å². The Labute approximate surface area is 165 Å². The van der Waals surface area contributed by atoms with E-state index in [2.05, 4.69) is 6.92 Å². The van der Waals surface area contributed by atoms with E-state index in [4.69, 9.17) is 14.2 Å². The van der Waals surface area contributed by atoms with E-state index >= 15 is 0 Å². The summed E-state index contributed by atoms with van der Waals surface area (Å²) in [6.45, 7) is 4.03. The number of hydrogen-bond donors (Lipinski definition) is 0. The number of rotatable bonds is 6. The molecule has 0 N–H and O–H groups in total. The maximum atomic E-state index is 13.4. The zero-order chi connectivity index (χ0) is 19.6. The van der Waals surface area contributed by atoms with Crippen LogP contribution >= 0.6 is 0 Å². The Bertz CT molecular complexity index is 703. The lowest BCUT2D eigenvalue weighted by molar-refractivity contribution is -0.180. The molecular weight excluding hydrogens is 360 g/mol. The maximum absolute atomic E-state index is 13.4. The Morgan fingerprint density at radius 2 is 2.00 bits per heavy atom. The van der Waals surface area contributed by atoms with Gasteiger partial charge in [-0.1, -0.05) is 13.8 Å². The molecule has 0 aromatic rings. The highest BCUT2D eigenvalue weighted by molar-refractivity contribution is 5.86. The van der Waals surface area contributed by atoms with Crippen molar-refractivity contribution < 1.29 is 28.6 Å². The summed E-state index contributed by atoms with van der Waals surface area (Å²) in [5.41, 5.74) is -0.363. The molecule has 5 rings (SSSR count). The number of esters is 3. The highest BCUT2D eigenvalue weighted by Gasteiger charge is 2.70. The summed E-state index contributed by atoms with van der Waals surface area (Å²) in [5.74, 6) is -0.862. The Morgan fingerprint density at radius 1 is 1.18 bits per heavy atom. The van der Waals surface area contributed by atoms with Gasteiger partial charge in [0.1, 0.15) is 17.8 Å². The lowest BCUT2D eigenvalue weighted by Crippen LogP contribution is -2.47. The monoisotopic (exact) mass is 390 g/mol. The molecule has 9 atom stereocenters. The van der Waals surface area contributed by atoms with E-state index in [0.717, 1.165) is 25.7 Å². The summed E-state index contributed by atoms with van der Waals surface area (Å²) in [4.78, 5) is 38.0. The van der Waals surface area contributed by atoms with Crippen molar-refractivity contribution in [3.63, 3.8) is 0 Å². The number of fused-ring (bicyclic) bond motifs is 3. The van der Waals surface area contributed by atoms with Gasteiger partial charge < -0.3 is 14.2 Å². The second-order valence-electron chi connectivity index (χ2n) is 9.64. The van der Waals surface area contributed by atoms with Crippen molar-refractivity contribution in [2.75, 3.05) is 0 Å². The first-order valence-electron chi connectivity index (χ1n) is 11.1. The molecule has 4 bridgehead atoms. The van der Waals surface area contributed by atoms with Gasteiger partial charge >= 0.3 is 17.9 Å². The van der Waals surface area contributed by atoms with E-state index in [1.807, 2.05) is 6.92 Å². The van der Waals surface area contributed by atoms with Crippen LogP contribution in [0.2, 0.25) is 0 Å². The number of carbonyl (C=O) groups excluding carboxylic acids is 3. The van der Waals surface area contributed by atoms with Gasteiger partial charge in [0.05, 0.1) is 11.8 Å². The fraction of sp³-hybridized carbons (Fsp3) is 0.864. The van der Waals surface area contributed by atoms with Crippen molar-refractivity contribution in [3.05, 3.63) is 0 Å². The quantitative estimate of drug-likeness (QED) is 0.512. The van der Waals surface area contributed by atoms with Gasteiger partial charge in [-0.25, -0.2) is 0 Å². The molecule has 4 aliphatic carbocycles. The van der Waals surface area contributed by atoms with Crippen molar-refractivity contribution in [1.82, 2.24) is 0 Å². The largest absolute Gasteiger partial charge is 0.459 e. The van der Waals surface area contributed by atoms with Crippen LogP contribution in [0.1, 0.15) is 65.2 Å². The molecule has 0 aromatic carbocycles. The molecule has 0 radical (unpaired) electrons. The summed E-state index contributed by atoms with van der Waals surface area (Å²) in [7, 11) is 0. The van der Waals surface area contributed by atoms with Gasteiger partial charge in [0.25, 0.3) is 0 Å². The van der Waals surface area contributed by atoms with Crippen LogP contribution in [0.25, 0.3) is 0 Å². The second-order valence-corrected chi connectivity index (χ2v) is 9.64. The smallest absolute Gasteiger partial charge is 0.310 e. The van der Waals surface area contributed by atoms with Gasteiger partial charge in [-0.05, 0) is 56.8 Å². The van der Waals surface area contributed by atoms with Gasteiger partial charge in [0.15, 0.2) is 0 Å². The number of hydrogen-bond acceptors (Lipinski definition) is 6. The van der Waals surface area contributed by atoms with Crippen LogP contribution in [0.4, 0.5) is 0 Å². The van der Waals surface area contributed by atoms with Crippen molar-refractivity contribution in [3.8, 4) is 0 Å². The van der Waals surface area contributed by atoms with Crippen molar-refractivity contribution >= 4 is 17.9 Å². The van der Waals surface area contributed by atoms with E-state index < -0.39 is 17.9 Å². The summed E-state index contributed by atoms with van der Waals surface area (Å²) in [5, 5.41) is 0. The van der Waals surface area contributed by atoms with Crippen LogP contribution in [0.3, 0.4) is 0 Å². The third-order valence-corrected chi connectivity index (χ3v) is 8.36. The van der Waals surface area contributed by atoms with E-state index in [9.17, 15) is 14.4 Å². The molecular formula is C22H30O6. The first kappa shape index (κ1) is 18.4. The molecule has 28 heavy (non-hydrogen) atoms. The average molecular weight is 390 g/mol. The SMILES string of the molecule is CCCC(=O)OC1C2CC3C1OC(=O)C3C2C(=O)OC1(CC)CC2CCC1C2. The van der Waals surface area contributed by atoms with Gasteiger partial charge in [-0.15, -0.1) is 0 Å². The second kappa shape index (κ2) is 6.46. The van der Waals surface area contributed by atoms with Crippen LogP contribution in [-0.4, -0.2) is 35.7 Å². The third kappa shape index (κ3) is 2.48. The molecule has 5 fully saturated rings. The van der Waals surface area contributed by atoms with E-state index in [1.54, 1.807) is 0 Å². The minimum atomic E-state index is -0.529. The molecule has 0 spiro atoms. The molecule has 4 saturated carbocycles. The molecule has 1 aliphatic heterocycles. The van der Waals surface area contributed by atoms with Crippen molar-refractivity contribution in [1.29, 1.82) is 0 Å². The van der Waals surface area contributed by atoms with Crippen LogP contribution in [0.5, 0.6) is 0 Å². The first-order chi connectivity index (χ1) is 13.5. The highest BCUT2D eigenvalue weighted by atomic mass is 16.6. The highest BCUT2D eigenvalue weighted by Crippen LogP contribution is 2.60.